The number of allylic oxidation sites excluding steroid dienone is 1. The Kier molecular flexibility index (Phi) is 5.82. The van der Waals surface area contributed by atoms with Crippen molar-refractivity contribution < 1.29 is 23.7 Å². The van der Waals surface area contributed by atoms with Gasteiger partial charge in [0.05, 0.1) is 12.7 Å². The van der Waals surface area contributed by atoms with Crippen LogP contribution in [0.3, 0.4) is 0 Å². The van der Waals surface area contributed by atoms with E-state index in [0.717, 1.165) is 29.9 Å². The molecular formula is C26H35NO5. The first-order valence-electron chi connectivity index (χ1n) is 12.1. The molecule has 174 valence electrons. The molecule has 1 aromatic rings. The van der Waals surface area contributed by atoms with E-state index in [1.807, 2.05) is 12.1 Å². The molecule has 2 bridgehead atoms. The van der Waals surface area contributed by atoms with Crippen LogP contribution in [-0.4, -0.2) is 32.1 Å². The van der Waals surface area contributed by atoms with E-state index in [-0.39, 0.29) is 42.3 Å². The van der Waals surface area contributed by atoms with E-state index in [0.29, 0.717) is 19.1 Å². The molecule has 5 rings (SSSR count). The summed E-state index contributed by atoms with van der Waals surface area (Å²) in [4.78, 5) is 12.6. The first-order chi connectivity index (χ1) is 15.5. The summed E-state index contributed by atoms with van der Waals surface area (Å²) >= 11 is 0. The van der Waals surface area contributed by atoms with E-state index in [2.05, 4.69) is 38.2 Å². The normalized spacial score (nSPS) is 34.0. The van der Waals surface area contributed by atoms with E-state index < -0.39 is 0 Å². The number of carbonyl (C=O) groups excluding carboxylic acids is 1. The Hall–Kier alpha value is -2.21. The summed E-state index contributed by atoms with van der Waals surface area (Å²) in [5, 5.41) is 3.08. The molecule has 0 unspecified atom stereocenters. The van der Waals surface area contributed by atoms with Gasteiger partial charge in [-0.2, -0.15) is 0 Å². The minimum atomic E-state index is -0.286. The van der Waals surface area contributed by atoms with Gasteiger partial charge in [0.2, 0.25) is 6.79 Å². The molecule has 2 aliphatic carbocycles. The van der Waals surface area contributed by atoms with Crippen LogP contribution in [-0.2, 0) is 9.47 Å². The Morgan fingerprint density at radius 3 is 2.75 bits per heavy atom. The highest BCUT2D eigenvalue weighted by Crippen LogP contribution is 2.56. The Morgan fingerprint density at radius 2 is 1.94 bits per heavy atom. The Bertz CT molecular complexity index is 892. The number of nitrogens with one attached hydrogen (secondary N) is 1. The second kappa shape index (κ2) is 8.62. The molecule has 1 N–H and O–H groups in total. The zero-order chi connectivity index (χ0) is 22.3. The van der Waals surface area contributed by atoms with Crippen LogP contribution in [0.1, 0.15) is 64.5 Å². The summed E-state index contributed by atoms with van der Waals surface area (Å²) in [6.45, 7) is 7.93. The van der Waals surface area contributed by atoms with Crippen molar-refractivity contribution in [1.82, 2.24) is 5.32 Å². The van der Waals surface area contributed by atoms with Gasteiger partial charge in [0.1, 0.15) is 6.61 Å². The minimum Gasteiger partial charge on any atom is -0.454 e. The summed E-state index contributed by atoms with van der Waals surface area (Å²) in [6.07, 6.45) is 7.76. The van der Waals surface area contributed by atoms with Gasteiger partial charge in [0.25, 0.3) is 0 Å². The van der Waals surface area contributed by atoms with Gasteiger partial charge >= 0.3 is 6.09 Å². The third-order valence-corrected chi connectivity index (χ3v) is 8.37. The predicted molar refractivity (Wildman–Crippen MR) is 121 cm³/mol. The van der Waals surface area contributed by atoms with Gasteiger partial charge in [-0.25, -0.2) is 4.79 Å². The first-order valence-corrected chi connectivity index (χ1v) is 12.1. The molecule has 1 amide bonds. The third kappa shape index (κ3) is 3.76. The SMILES string of the molecule is CC1=C[C@@H](C)[C@@]2(COC(=O)NC3CCCCC3)CO[C@H](c3ccc4c(c3)OCO4)[C@@H]1[C@@H]2C. The van der Waals surface area contributed by atoms with Crippen molar-refractivity contribution in [2.24, 2.45) is 23.2 Å². The van der Waals surface area contributed by atoms with E-state index in [1.165, 1.54) is 24.8 Å². The molecule has 5 atom stereocenters. The molecule has 0 spiro atoms. The summed E-state index contributed by atoms with van der Waals surface area (Å²) < 4.78 is 23.5. The lowest BCUT2D eigenvalue weighted by Gasteiger charge is -2.55. The maximum Gasteiger partial charge on any atom is 0.407 e. The molecule has 2 aliphatic heterocycles. The largest absolute Gasteiger partial charge is 0.454 e. The molecule has 0 aromatic heterocycles. The molecular weight excluding hydrogens is 406 g/mol. The van der Waals surface area contributed by atoms with E-state index in [9.17, 15) is 4.79 Å². The lowest BCUT2D eigenvalue weighted by Crippen LogP contribution is -2.55. The fourth-order valence-electron chi connectivity index (χ4n) is 6.30. The molecule has 32 heavy (non-hydrogen) atoms. The van der Waals surface area contributed by atoms with Crippen LogP contribution in [0.2, 0.25) is 0 Å². The van der Waals surface area contributed by atoms with Crippen LogP contribution in [0.4, 0.5) is 4.79 Å². The van der Waals surface area contributed by atoms with Gasteiger partial charge in [0.15, 0.2) is 11.5 Å². The Morgan fingerprint density at radius 1 is 1.16 bits per heavy atom. The highest BCUT2D eigenvalue weighted by molar-refractivity contribution is 5.67. The van der Waals surface area contributed by atoms with E-state index >= 15 is 0 Å². The average molecular weight is 442 g/mol. The molecule has 2 fully saturated rings. The van der Waals surface area contributed by atoms with Gasteiger partial charge in [-0.1, -0.05) is 50.8 Å². The number of hydrogen-bond donors (Lipinski definition) is 1. The van der Waals surface area contributed by atoms with Crippen LogP contribution in [0.5, 0.6) is 11.5 Å². The summed E-state index contributed by atoms with van der Waals surface area (Å²) in [5.41, 5.74) is 2.23. The molecule has 1 aromatic carbocycles. The summed E-state index contributed by atoms with van der Waals surface area (Å²) in [7, 11) is 0. The van der Waals surface area contributed by atoms with Gasteiger partial charge in [0, 0.05) is 17.4 Å². The van der Waals surface area contributed by atoms with Crippen molar-refractivity contribution in [3.63, 3.8) is 0 Å². The van der Waals surface area contributed by atoms with E-state index in [4.69, 9.17) is 18.9 Å². The van der Waals surface area contributed by atoms with Crippen molar-refractivity contribution in [2.45, 2.75) is 65.0 Å². The number of rotatable bonds is 4. The van der Waals surface area contributed by atoms with Crippen LogP contribution >= 0.6 is 0 Å². The zero-order valence-corrected chi connectivity index (χ0v) is 19.4. The molecule has 1 saturated heterocycles. The van der Waals surface area contributed by atoms with Crippen molar-refractivity contribution in [2.75, 3.05) is 20.0 Å². The lowest BCUT2D eigenvalue weighted by atomic mass is 9.56. The molecule has 2 heterocycles. The van der Waals surface area contributed by atoms with Crippen molar-refractivity contribution >= 4 is 6.09 Å². The predicted octanol–water partition coefficient (Wildman–Crippen LogP) is 5.38. The fourth-order valence-corrected chi connectivity index (χ4v) is 6.30. The smallest absolute Gasteiger partial charge is 0.407 e. The number of fused-ring (bicyclic) bond motifs is 3. The number of amides is 1. The minimum absolute atomic E-state index is 0.0487. The second-order valence-corrected chi connectivity index (χ2v) is 10.1. The average Bonchev–Trinajstić information content (AvgIpc) is 3.25. The molecule has 4 aliphatic rings. The Labute approximate surface area is 190 Å². The maximum atomic E-state index is 12.6. The highest BCUT2D eigenvalue weighted by Gasteiger charge is 2.54. The summed E-state index contributed by atoms with van der Waals surface area (Å²) in [6, 6.07) is 6.35. The third-order valence-electron chi connectivity index (χ3n) is 8.37. The van der Waals surface area contributed by atoms with Gasteiger partial charge < -0.3 is 24.3 Å². The molecule has 1 saturated carbocycles. The van der Waals surface area contributed by atoms with Crippen LogP contribution < -0.4 is 14.8 Å². The van der Waals surface area contributed by atoms with Crippen LogP contribution in [0.15, 0.2) is 29.8 Å². The van der Waals surface area contributed by atoms with E-state index in [1.54, 1.807) is 0 Å². The molecule has 0 radical (unpaired) electrons. The van der Waals surface area contributed by atoms with Gasteiger partial charge in [-0.15, -0.1) is 0 Å². The molecule has 6 nitrogen and oxygen atoms in total. The van der Waals surface area contributed by atoms with Crippen LogP contribution in [0, 0.1) is 23.2 Å². The number of hydrogen-bond acceptors (Lipinski definition) is 5. The number of alkyl carbamates (subject to hydrolysis) is 1. The fraction of sp³-hybridized carbons (Fsp3) is 0.654. The van der Waals surface area contributed by atoms with Gasteiger partial charge in [-0.3, -0.25) is 0 Å². The maximum absolute atomic E-state index is 12.6. The van der Waals surface area contributed by atoms with Gasteiger partial charge in [-0.05, 0) is 49.3 Å². The Balaban J connectivity index is 1.32. The zero-order valence-electron chi connectivity index (χ0n) is 19.4. The molecule has 6 heteroatoms. The topological polar surface area (TPSA) is 66.0 Å². The standard InChI is InChI=1S/C26H35NO5/c1-16-11-17(2)26(14-30-25(28)27-20-7-5-4-6-8-20)13-29-24(23(16)18(26)3)19-9-10-21-22(12-19)32-15-31-21/h9-12,17-18,20,23-24H,4-8,13-15H2,1-3H3,(H,27,28)/t17-,18+,23+,24-,26+/m1/s1. The number of ether oxygens (including phenoxy) is 4. The lowest BCUT2D eigenvalue weighted by molar-refractivity contribution is -0.165. The highest BCUT2D eigenvalue weighted by atomic mass is 16.7. The monoisotopic (exact) mass is 441 g/mol. The van der Waals surface area contributed by atoms with Crippen molar-refractivity contribution in [3.8, 4) is 11.5 Å². The quantitative estimate of drug-likeness (QED) is 0.636. The number of benzene rings is 1. The number of carbonyl (C=O) groups is 1. The van der Waals surface area contributed by atoms with Crippen molar-refractivity contribution in [3.05, 3.63) is 35.4 Å². The second-order valence-electron chi connectivity index (χ2n) is 10.1. The first kappa shape index (κ1) is 21.6. The van der Waals surface area contributed by atoms with Crippen molar-refractivity contribution in [1.29, 1.82) is 0 Å². The van der Waals surface area contributed by atoms with Crippen LogP contribution in [0.25, 0.3) is 0 Å². The summed E-state index contributed by atoms with van der Waals surface area (Å²) in [5.74, 6) is 2.38.